The minimum Gasteiger partial charge on any atom is -0.369 e. The maximum absolute atomic E-state index is 11.9. The third kappa shape index (κ3) is 5.18. The fourth-order valence-electron chi connectivity index (χ4n) is 2.99. The quantitative estimate of drug-likeness (QED) is 0.806. The van der Waals surface area contributed by atoms with Crippen LogP contribution in [0.25, 0.3) is 0 Å². The molecule has 0 aliphatic carbocycles. The van der Waals surface area contributed by atoms with Crippen LogP contribution in [0.5, 0.6) is 0 Å². The topological polar surface area (TPSA) is 48.5 Å². The molecule has 0 atom stereocenters. The summed E-state index contributed by atoms with van der Waals surface area (Å²) in [5.41, 5.74) is 1.66. The first-order valence-corrected chi connectivity index (χ1v) is 9.02. The Bertz CT molecular complexity index is 687. The molecular weight excluding hydrogens is 336 g/mol. The Labute approximate surface area is 153 Å². The summed E-state index contributed by atoms with van der Waals surface area (Å²) in [5, 5.41) is 3.71. The van der Waals surface area contributed by atoms with Gasteiger partial charge in [-0.05, 0) is 43.3 Å². The zero-order chi connectivity index (χ0) is 17.5. The van der Waals surface area contributed by atoms with E-state index >= 15 is 0 Å². The Kier molecular flexibility index (Phi) is 6.25. The molecule has 3 rings (SSSR count). The predicted molar refractivity (Wildman–Crippen MR) is 101 cm³/mol. The Morgan fingerprint density at radius 3 is 2.68 bits per heavy atom. The SMILES string of the molecule is O=C(NCCCN1CCN(c2cccc(Cl)c2)CC1)c1ccccn1. The van der Waals surface area contributed by atoms with Crippen LogP contribution in [0.1, 0.15) is 16.9 Å². The average Bonchev–Trinajstić information content (AvgIpc) is 2.66. The number of anilines is 1. The van der Waals surface area contributed by atoms with Crippen molar-refractivity contribution in [3.63, 3.8) is 0 Å². The van der Waals surface area contributed by atoms with E-state index in [9.17, 15) is 4.79 Å². The first kappa shape index (κ1) is 17.7. The molecule has 6 heteroatoms. The maximum Gasteiger partial charge on any atom is 0.269 e. The van der Waals surface area contributed by atoms with E-state index in [4.69, 9.17) is 11.6 Å². The first-order chi connectivity index (χ1) is 12.2. The lowest BCUT2D eigenvalue weighted by Gasteiger charge is -2.36. The maximum atomic E-state index is 11.9. The number of amides is 1. The summed E-state index contributed by atoms with van der Waals surface area (Å²) in [7, 11) is 0. The highest BCUT2D eigenvalue weighted by Gasteiger charge is 2.17. The molecule has 0 bridgehead atoms. The van der Waals surface area contributed by atoms with E-state index in [2.05, 4.69) is 26.2 Å². The number of aromatic nitrogens is 1. The van der Waals surface area contributed by atoms with Gasteiger partial charge in [0.05, 0.1) is 0 Å². The summed E-state index contributed by atoms with van der Waals surface area (Å²) in [6.07, 6.45) is 2.57. The molecule has 1 aromatic carbocycles. The highest BCUT2D eigenvalue weighted by Crippen LogP contribution is 2.20. The number of carbonyl (C=O) groups excluding carboxylic acids is 1. The highest BCUT2D eigenvalue weighted by molar-refractivity contribution is 6.30. The van der Waals surface area contributed by atoms with E-state index < -0.39 is 0 Å². The van der Waals surface area contributed by atoms with E-state index in [1.165, 1.54) is 5.69 Å². The molecule has 1 amide bonds. The fraction of sp³-hybridized carbons (Fsp3) is 0.368. The molecule has 2 heterocycles. The van der Waals surface area contributed by atoms with Gasteiger partial charge in [0.2, 0.25) is 0 Å². The van der Waals surface area contributed by atoms with Crippen molar-refractivity contribution in [3.05, 3.63) is 59.4 Å². The average molecular weight is 359 g/mol. The van der Waals surface area contributed by atoms with Crippen molar-refractivity contribution in [1.29, 1.82) is 0 Å². The van der Waals surface area contributed by atoms with Crippen LogP contribution < -0.4 is 10.2 Å². The molecule has 0 spiro atoms. The van der Waals surface area contributed by atoms with E-state index in [1.54, 1.807) is 18.3 Å². The lowest BCUT2D eigenvalue weighted by molar-refractivity contribution is 0.0946. The van der Waals surface area contributed by atoms with Crippen molar-refractivity contribution >= 4 is 23.2 Å². The molecule has 1 saturated heterocycles. The molecule has 1 aliphatic heterocycles. The minimum atomic E-state index is -0.105. The van der Waals surface area contributed by atoms with E-state index in [0.717, 1.165) is 44.2 Å². The number of hydrogen-bond acceptors (Lipinski definition) is 4. The van der Waals surface area contributed by atoms with E-state index in [-0.39, 0.29) is 5.91 Å². The van der Waals surface area contributed by atoms with Crippen molar-refractivity contribution in [2.75, 3.05) is 44.2 Å². The number of nitrogens with zero attached hydrogens (tertiary/aromatic N) is 3. The number of carbonyl (C=O) groups is 1. The standard InChI is InChI=1S/C19H23ClN4O/c20-16-5-3-6-17(15-16)24-13-11-23(12-14-24)10-4-9-22-19(25)18-7-1-2-8-21-18/h1-3,5-8,15H,4,9-14H2,(H,22,25). The van der Waals surface area contributed by atoms with Gasteiger partial charge in [-0.1, -0.05) is 23.7 Å². The zero-order valence-electron chi connectivity index (χ0n) is 14.2. The second-order valence-electron chi connectivity index (χ2n) is 6.13. The molecular formula is C19H23ClN4O. The van der Waals surface area contributed by atoms with Crippen LogP contribution in [-0.4, -0.2) is 55.1 Å². The van der Waals surface area contributed by atoms with E-state index in [1.807, 2.05) is 24.3 Å². The molecule has 132 valence electrons. The lowest BCUT2D eigenvalue weighted by atomic mass is 10.2. The molecule has 2 aromatic rings. The predicted octanol–water partition coefficient (Wildman–Crippen LogP) is 2.68. The van der Waals surface area contributed by atoms with Gasteiger partial charge in [0.1, 0.15) is 5.69 Å². The molecule has 1 aromatic heterocycles. The van der Waals surface area contributed by atoms with Crippen molar-refractivity contribution in [2.24, 2.45) is 0 Å². The number of hydrogen-bond donors (Lipinski definition) is 1. The summed E-state index contributed by atoms with van der Waals surface area (Å²) in [6.45, 7) is 5.72. The lowest BCUT2D eigenvalue weighted by Crippen LogP contribution is -2.47. The smallest absolute Gasteiger partial charge is 0.269 e. The Balaban J connectivity index is 1.35. The minimum absolute atomic E-state index is 0.105. The van der Waals surface area contributed by atoms with Gasteiger partial charge in [-0.15, -0.1) is 0 Å². The van der Waals surface area contributed by atoms with Crippen LogP contribution in [0.2, 0.25) is 5.02 Å². The van der Waals surface area contributed by atoms with Crippen LogP contribution in [0.15, 0.2) is 48.7 Å². The third-order valence-electron chi connectivity index (χ3n) is 4.38. The second kappa shape index (κ2) is 8.83. The third-order valence-corrected chi connectivity index (χ3v) is 4.61. The fourth-order valence-corrected chi connectivity index (χ4v) is 3.18. The number of halogens is 1. The monoisotopic (exact) mass is 358 g/mol. The summed E-state index contributed by atoms with van der Waals surface area (Å²) >= 11 is 6.07. The largest absolute Gasteiger partial charge is 0.369 e. The van der Waals surface area contributed by atoms with Gasteiger partial charge in [0.25, 0.3) is 5.91 Å². The number of rotatable bonds is 6. The molecule has 1 aliphatic rings. The number of benzene rings is 1. The van der Waals surface area contributed by atoms with Crippen molar-refractivity contribution in [2.45, 2.75) is 6.42 Å². The molecule has 5 nitrogen and oxygen atoms in total. The van der Waals surface area contributed by atoms with Gasteiger partial charge >= 0.3 is 0 Å². The Morgan fingerprint density at radius 1 is 1.12 bits per heavy atom. The number of piperazine rings is 1. The first-order valence-electron chi connectivity index (χ1n) is 8.64. The van der Waals surface area contributed by atoms with Gasteiger partial charge in [0, 0.05) is 49.6 Å². The molecule has 1 fully saturated rings. The second-order valence-corrected chi connectivity index (χ2v) is 6.57. The van der Waals surface area contributed by atoms with Gasteiger partial charge in [-0.25, -0.2) is 0 Å². The molecule has 0 saturated carbocycles. The van der Waals surface area contributed by atoms with Crippen LogP contribution in [-0.2, 0) is 0 Å². The molecule has 1 N–H and O–H groups in total. The van der Waals surface area contributed by atoms with Gasteiger partial charge in [-0.3, -0.25) is 14.7 Å². The summed E-state index contributed by atoms with van der Waals surface area (Å²) in [4.78, 5) is 20.8. The van der Waals surface area contributed by atoms with Gasteiger partial charge in [0.15, 0.2) is 0 Å². The van der Waals surface area contributed by atoms with Crippen LogP contribution in [0.4, 0.5) is 5.69 Å². The normalized spacial score (nSPS) is 15.2. The number of pyridine rings is 1. The molecule has 0 radical (unpaired) electrons. The van der Waals surface area contributed by atoms with Crippen LogP contribution >= 0.6 is 11.6 Å². The van der Waals surface area contributed by atoms with E-state index in [0.29, 0.717) is 12.2 Å². The zero-order valence-corrected chi connectivity index (χ0v) is 15.0. The molecule has 25 heavy (non-hydrogen) atoms. The number of nitrogens with one attached hydrogen (secondary N) is 1. The van der Waals surface area contributed by atoms with Crippen molar-refractivity contribution < 1.29 is 4.79 Å². The summed E-state index contributed by atoms with van der Waals surface area (Å²) in [5.74, 6) is -0.105. The Hall–Kier alpha value is -2.11. The van der Waals surface area contributed by atoms with Crippen molar-refractivity contribution in [1.82, 2.24) is 15.2 Å². The van der Waals surface area contributed by atoms with Crippen LogP contribution in [0, 0.1) is 0 Å². The summed E-state index contributed by atoms with van der Waals surface area (Å²) < 4.78 is 0. The van der Waals surface area contributed by atoms with Crippen molar-refractivity contribution in [3.8, 4) is 0 Å². The summed E-state index contributed by atoms with van der Waals surface area (Å²) in [6, 6.07) is 13.4. The van der Waals surface area contributed by atoms with Crippen LogP contribution in [0.3, 0.4) is 0 Å². The Morgan fingerprint density at radius 2 is 1.96 bits per heavy atom. The van der Waals surface area contributed by atoms with Gasteiger partial charge < -0.3 is 10.2 Å². The molecule has 0 unspecified atom stereocenters. The van der Waals surface area contributed by atoms with Gasteiger partial charge in [-0.2, -0.15) is 0 Å². The highest BCUT2D eigenvalue weighted by atomic mass is 35.5.